The van der Waals surface area contributed by atoms with E-state index in [2.05, 4.69) is 49.6 Å². The van der Waals surface area contributed by atoms with Gasteiger partial charge in [0.05, 0.1) is 11.7 Å². The number of nitrogens with two attached hydrogens (primary N) is 1. The molecule has 0 spiro atoms. The van der Waals surface area contributed by atoms with Gasteiger partial charge in [-0.1, -0.05) is 24.3 Å². The van der Waals surface area contributed by atoms with Crippen molar-refractivity contribution in [3.05, 3.63) is 52.6 Å². The summed E-state index contributed by atoms with van der Waals surface area (Å²) in [5.74, 6) is 1.10. The Morgan fingerprint density at radius 2 is 1.86 bits per heavy atom. The smallest absolute Gasteiger partial charge is 0.106 e. The molecule has 2 atom stereocenters. The van der Waals surface area contributed by atoms with Crippen molar-refractivity contribution in [2.75, 3.05) is 0 Å². The van der Waals surface area contributed by atoms with E-state index in [0.717, 1.165) is 18.7 Å². The summed E-state index contributed by atoms with van der Waals surface area (Å²) in [6.45, 7) is 6.39. The van der Waals surface area contributed by atoms with Crippen LogP contribution < -0.4 is 5.73 Å². The molecule has 0 amide bonds. The molecular formula is C18H25N3. The molecular weight excluding hydrogens is 258 g/mol. The third kappa shape index (κ3) is 2.51. The van der Waals surface area contributed by atoms with Crippen molar-refractivity contribution in [2.45, 2.75) is 58.5 Å². The molecule has 0 saturated carbocycles. The maximum atomic E-state index is 6.38. The number of rotatable bonds is 3. The minimum atomic E-state index is 0.0602. The number of fused-ring (bicyclic) bond motifs is 1. The van der Waals surface area contributed by atoms with E-state index >= 15 is 0 Å². The third-order valence-corrected chi connectivity index (χ3v) is 4.63. The summed E-state index contributed by atoms with van der Waals surface area (Å²) in [5.41, 5.74) is 11.7. The third-order valence-electron chi connectivity index (χ3n) is 4.63. The van der Waals surface area contributed by atoms with Crippen LogP contribution in [0.4, 0.5) is 0 Å². The molecule has 2 unspecified atom stereocenters. The van der Waals surface area contributed by atoms with E-state index in [4.69, 9.17) is 10.7 Å². The fraction of sp³-hybridized carbons (Fsp3) is 0.500. The van der Waals surface area contributed by atoms with Crippen molar-refractivity contribution in [2.24, 2.45) is 5.73 Å². The van der Waals surface area contributed by atoms with Gasteiger partial charge in [0.1, 0.15) is 5.82 Å². The van der Waals surface area contributed by atoms with Crippen molar-refractivity contribution in [1.29, 1.82) is 0 Å². The highest BCUT2D eigenvalue weighted by molar-refractivity contribution is 5.33. The van der Waals surface area contributed by atoms with Gasteiger partial charge in [-0.3, -0.25) is 0 Å². The number of imidazole rings is 1. The molecule has 2 aromatic rings. The molecule has 0 radical (unpaired) electrons. The second-order valence-electron chi connectivity index (χ2n) is 6.29. The molecule has 0 fully saturated rings. The summed E-state index contributed by atoms with van der Waals surface area (Å²) >= 11 is 0. The zero-order chi connectivity index (χ0) is 15.0. The highest BCUT2D eigenvalue weighted by Gasteiger charge is 2.27. The van der Waals surface area contributed by atoms with E-state index in [1.54, 1.807) is 0 Å². The molecule has 1 aliphatic rings. The van der Waals surface area contributed by atoms with E-state index in [-0.39, 0.29) is 12.1 Å². The first-order chi connectivity index (χ1) is 10.1. The lowest BCUT2D eigenvalue weighted by molar-refractivity contribution is 0.463. The van der Waals surface area contributed by atoms with Crippen molar-refractivity contribution < 1.29 is 0 Å². The lowest BCUT2D eigenvalue weighted by Crippen LogP contribution is -2.32. The second kappa shape index (κ2) is 5.64. The molecule has 3 rings (SSSR count). The Balaban J connectivity index is 2.15. The minimum Gasteiger partial charge on any atom is -0.326 e. The number of hydrogen-bond acceptors (Lipinski definition) is 2. The fourth-order valence-electron chi connectivity index (χ4n) is 3.64. The van der Waals surface area contributed by atoms with Gasteiger partial charge in [-0.05, 0) is 57.6 Å². The normalized spacial score (nSPS) is 17.3. The van der Waals surface area contributed by atoms with Crippen LogP contribution in [0, 0.1) is 13.8 Å². The summed E-state index contributed by atoms with van der Waals surface area (Å²) in [4.78, 5) is 4.82. The molecule has 1 aromatic heterocycles. The van der Waals surface area contributed by atoms with Crippen LogP contribution in [0.25, 0.3) is 0 Å². The number of benzene rings is 1. The lowest BCUT2D eigenvalue weighted by Gasteiger charge is -2.28. The predicted molar refractivity (Wildman–Crippen MR) is 86.6 cm³/mol. The van der Waals surface area contributed by atoms with Crippen LogP contribution in [-0.2, 0) is 12.8 Å². The molecule has 1 aliphatic carbocycles. The van der Waals surface area contributed by atoms with Gasteiger partial charge in [0.2, 0.25) is 0 Å². The second-order valence-corrected chi connectivity index (χ2v) is 6.29. The molecule has 1 heterocycles. The van der Waals surface area contributed by atoms with Gasteiger partial charge in [-0.25, -0.2) is 4.98 Å². The minimum absolute atomic E-state index is 0.0602. The lowest BCUT2D eigenvalue weighted by atomic mass is 9.94. The van der Waals surface area contributed by atoms with Crippen LogP contribution in [0.2, 0.25) is 0 Å². The van der Waals surface area contributed by atoms with Gasteiger partial charge in [-0.15, -0.1) is 0 Å². The Hall–Kier alpha value is -1.61. The van der Waals surface area contributed by atoms with Gasteiger partial charge in [0, 0.05) is 11.7 Å². The maximum Gasteiger partial charge on any atom is 0.106 e. The number of nitrogens with zero attached hydrogens (tertiary/aromatic N) is 2. The van der Waals surface area contributed by atoms with E-state index in [0.29, 0.717) is 0 Å². The Kier molecular flexibility index (Phi) is 3.85. The standard InChI is InChI=1S/C18H25N3/c1-12-8-4-5-9-15(12)18(13(2)19)21-14(3)20-16-10-6-7-11-17(16)21/h4-5,8-9,13,18H,6-7,10-11,19H2,1-3H3. The van der Waals surface area contributed by atoms with E-state index in [9.17, 15) is 0 Å². The van der Waals surface area contributed by atoms with Gasteiger partial charge < -0.3 is 10.3 Å². The SMILES string of the molecule is Cc1ccccc1C(C(C)N)n1c(C)nc2c1CCCC2. The summed E-state index contributed by atoms with van der Waals surface area (Å²) in [5, 5.41) is 0. The van der Waals surface area contributed by atoms with Crippen LogP contribution in [0.1, 0.15) is 54.1 Å². The number of aryl methyl sites for hydroxylation is 3. The van der Waals surface area contributed by atoms with E-state index in [1.807, 2.05) is 0 Å². The summed E-state index contributed by atoms with van der Waals surface area (Å²) < 4.78 is 2.40. The quantitative estimate of drug-likeness (QED) is 0.939. The molecule has 3 nitrogen and oxygen atoms in total. The Bertz CT molecular complexity index is 640. The van der Waals surface area contributed by atoms with E-state index in [1.165, 1.54) is 35.4 Å². The van der Waals surface area contributed by atoms with Crippen LogP contribution in [0.3, 0.4) is 0 Å². The van der Waals surface area contributed by atoms with Gasteiger partial charge in [-0.2, -0.15) is 0 Å². The monoisotopic (exact) mass is 283 g/mol. The molecule has 2 N–H and O–H groups in total. The highest BCUT2D eigenvalue weighted by Crippen LogP contribution is 2.31. The first kappa shape index (κ1) is 14.3. The van der Waals surface area contributed by atoms with Crippen LogP contribution in [0.5, 0.6) is 0 Å². The summed E-state index contributed by atoms with van der Waals surface area (Å²) in [6.07, 6.45) is 4.77. The average Bonchev–Trinajstić information content (AvgIpc) is 2.78. The van der Waals surface area contributed by atoms with Crippen molar-refractivity contribution in [3.8, 4) is 0 Å². The predicted octanol–water partition coefficient (Wildman–Crippen LogP) is 3.32. The topological polar surface area (TPSA) is 43.8 Å². The Labute approximate surface area is 127 Å². The summed E-state index contributed by atoms with van der Waals surface area (Å²) in [6, 6.07) is 8.82. The molecule has 1 aromatic carbocycles. The van der Waals surface area contributed by atoms with Crippen LogP contribution in [0.15, 0.2) is 24.3 Å². The Morgan fingerprint density at radius 1 is 1.14 bits per heavy atom. The molecule has 21 heavy (non-hydrogen) atoms. The van der Waals surface area contributed by atoms with Gasteiger partial charge in [0.15, 0.2) is 0 Å². The van der Waals surface area contributed by atoms with Crippen LogP contribution in [-0.4, -0.2) is 15.6 Å². The van der Waals surface area contributed by atoms with Crippen molar-refractivity contribution in [3.63, 3.8) is 0 Å². The average molecular weight is 283 g/mol. The highest BCUT2D eigenvalue weighted by atomic mass is 15.1. The number of aromatic nitrogens is 2. The Morgan fingerprint density at radius 3 is 2.57 bits per heavy atom. The summed E-state index contributed by atoms with van der Waals surface area (Å²) in [7, 11) is 0. The van der Waals surface area contributed by atoms with E-state index < -0.39 is 0 Å². The molecule has 0 bridgehead atoms. The van der Waals surface area contributed by atoms with Crippen LogP contribution >= 0.6 is 0 Å². The molecule has 112 valence electrons. The van der Waals surface area contributed by atoms with Crippen molar-refractivity contribution >= 4 is 0 Å². The molecule has 0 aliphatic heterocycles. The zero-order valence-corrected chi connectivity index (χ0v) is 13.3. The number of hydrogen-bond donors (Lipinski definition) is 1. The van der Waals surface area contributed by atoms with Gasteiger partial charge >= 0.3 is 0 Å². The molecule has 0 saturated heterocycles. The first-order valence-corrected chi connectivity index (χ1v) is 7.97. The fourth-order valence-corrected chi connectivity index (χ4v) is 3.64. The largest absolute Gasteiger partial charge is 0.326 e. The zero-order valence-electron chi connectivity index (χ0n) is 13.3. The maximum absolute atomic E-state index is 6.38. The first-order valence-electron chi connectivity index (χ1n) is 7.97. The van der Waals surface area contributed by atoms with Gasteiger partial charge in [0.25, 0.3) is 0 Å². The molecule has 3 heteroatoms. The van der Waals surface area contributed by atoms with Crippen molar-refractivity contribution in [1.82, 2.24) is 9.55 Å².